The zero-order chi connectivity index (χ0) is 16.0. The number of likely N-dealkylation sites (tertiary alicyclic amines) is 1. The molecule has 0 bridgehead atoms. The molecular formula is C19H23ClN2O. The summed E-state index contributed by atoms with van der Waals surface area (Å²) in [6.07, 6.45) is 5.64. The third-order valence-corrected chi connectivity index (χ3v) is 6.31. The lowest BCUT2D eigenvalue weighted by atomic mass is 9.62. The molecule has 122 valence electrons. The van der Waals surface area contributed by atoms with Gasteiger partial charge in [0, 0.05) is 28.7 Å². The van der Waals surface area contributed by atoms with Crippen LogP contribution in [0.5, 0.6) is 0 Å². The molecule has 1 fully saturated rings. The molecule has 0 radical (unpaired) electrons. The van der Waals surface area contributed by atoms with E-state index in [-0.39, 0.29) is 23.2 Å². The van der Waals surface area contributed by atoms with Crippen molar-refractivity contribution in [1.82, 2.24) is 9.88 Å². The highest BCUT2D eigenvalue weighted by Crippen LogP contribution is 2.56. The second-order valence-corrected chi connectivity index (χ2v) is 7.27. The number of fused-ring (bicyclic) bond motifs is 5. The van der Waals surface area contributed by atoms with Crippen molar-refractivity contribution in [3.63, 3.8) is 0 Å². The van der Waals surface area contributed by atoms with Gasteiger partial charge in [-0.2, -0.15) is 0 Å². The SMILES string of the molecule is CC[C@@]12CCCN(C(=O)CCl)[C@@H]1c1c([nH]c3ccccc13)CC2. The second kappa shape index (κ2) is 5.55. The minimum atomic E-state index is 0.0762. The summed E-state index contributed by atoms with van der Waals surface area (Å²) >= 11 is 5.93. The number of H-pyrrole nitrogens is 1. The van der Waals surface area contributed by atoms with Gasteiger partial charge in [-0.1, -0.05) is 25.1 Å². The van der Waals surface area contributed by atoms with Gasteiger partial charge in [-0.3, -0.25) is 4.79 Å². The van der Waals surface area contributed by atoms with Gasteiger partial charge >= 0.3 is 0 Å². The number of halogens is 1. The fourth-order valence-corrected chi connectivity index (χ4v) is 5.07. The highest BCUT2D eigenvalue weighted by Gasteiger charge is 2.49. The third kappa shape index (κ3) is 2.13. The first-order valence-electron chi connectivity index (χ1n) is 8.65. The number of benzene rings is 1. The average Bonchev–Trinajstić information content (AvgIpc) is 2.98. The Morgan fingerprint density at radius 3 is 3.00 bits per heavy atom. The maximum Gasteiger partial charge on any atom is 0.238 e. The largest absolute Gasteiger partial charge is 0.358 e. The summed E-state index contributed by atoms with van der Waals surface area (Å²) in [4.78, 5) is 18.2. The van der Waals surface area contributed by atoms with Crippen molar-refractivity contribution < 1.29 is 4.79 Å². The van der Waals surface area contributed by atoms with Crippen LogP contribution < -0.4 is 0 Å². The Morgan fingerprint density at radius 2 is 2.22 bits per heavy atom. The number of hydrogen-bond acceptors (Lipinski definition) is 1. The summed E-state index contributed by atoms with van der Waals surface area (Å²) in [6.45, 7) is 3.11. The number of aromatic amines is 1. The smallest absolute Gasteiger partial charge is 0.238 e. The van der Waals surface area contributed by atoms with E-state index in [0.29, 0.717) is 0 Å². The second-order valence-electron chi connectivity index (χ2n) is 7.01. The summed E-state index contributed by atoms with van der Waals surface area (Å²) in [5.41, 5.74) is 4.06. The zero-order valence-electron chi connectivity index (χ0n) is 13.6. The van der Waals surface area contributed by atoms with Gasteiger partial charge in [0.15, 0.2) is 0 Å². The van der Waals surface area contributed by atoms with Gasteiger partial charge in [0.2, 0.25) is 5.91 Å². The molecule has 2 aliphatic rings. The summed E-state index contributed by atoms with van der Waals surface area (Å²) in [7, 11) is 0. The van der Waals surface area contributed by atoms with Crippen LogP contribution >= 0.6 is 11.6 Å². The number of carbonyl (C=O) groups is 1. The first kappa shape index (κ1) is 15.1. The predicted molar refractivity (Wildman–Crippen MR) is 93.8 cm³/mol. The summed E-state index contributed by atoms with van der Waals surface area (Å²) in [5, 5.41) is 1.28. The number of hydrogen-bond donors (Lipinski definition) is 1. The summed E-state index contributed by atoms with van der Waals surface area (Å²) in [6, 6.07) is 8.66. The molecular weight excluding hydrogens is 308 g/mol. The molecule has 0 unspecified atom stereocenters. The maximum atomic E-state index is 12.5. The minimum Gasteiger partial charge on any atom is -0.358 e. The van der Waals surface area contributed by atoms with Crippen molar-refractivity contribution in [2.24, 2.45) is 5.41 Å². The molecule has 3 nitrogen and oxygen atoms in total. The average molecular weight is 331 g/mol. The first-order valence-corrected chi connectivity index (χ1v) is 9.18. The van der Waals surface area contributed by atoms with E-state index < -0.39 is 0 Å². The number of rotatable bonds is 2. The minimum absolute atomic E-state index is 0.0762. The Balaban J connectivity index is 1.93. The Labute approximate surface area is 142 Å². The Bertz CT molecular complexity index is 753. The van der Waals surface area contributed by atoms with Crippen LogP contribution in [0.15, 0.2) is 24.3 Å². The van der Waals surface area contributed by atoms with Crippen LogP contribution in [-0.4, -0.2) is 28.2 Å². The molecule has 4 heteroatoms. The molecule has 0 saturated carbocycles. The third-order valence-electron chi connectivity index (χ3n) is 6.08. The number of piperidine rings is 1. The molecule has 23 heavy (non-hydrogen) atoms. The van der Waals surface area contributed by atoms with E-state index in [1.165, 1.54) is 28.6 Å². The quantitative estimate of drug-likeness (QED) is 0.813. The normalized spacial score (nSPS) is 26.9. The van der Waals surface area contributed by atoms with Crippen LogP contribution in [0.25, 0.3) is 10.9 Å². The Kier molecular flexibility index (Phi) is 3.64. The molecule has 1 aromatic heterocycles. The highest BCUT2D eigenvalue weighted by atomic mass is 35.5. The Morgan fingerprint density at radius 1 is 1.39 bits per heavy atom. The predicted octanol–water partition coefficient (Wildman–Crippen LogP) is 4.41. The van der Waals surface area contributed by atoms with Crippen LogP contribution in [0.3, 0.4) is 0 Å². The van der Waals surface area contributed by atoms with Crippen LogP contribution in [-0.2, 0) is 11.2 Å². The topological polar surface area (TPSA) is 36.1 Å². The van der Waals surface area contributed by atoms with Gasteiger partial charge in [-0.25, -0.2) is 0 Å². The van der Waals surface area contributed by atoms with E-state index >= 15 is 0 Å². The number of nitrogens with zero attached hydrogens (tertiary/aromatic N) is 1. The van der Waals surface area contributed by atoms with Crippen molar-refractivity contribution in [3.8, 4) is 0 Å². The molecule has 4 rings (SSSR count). The van der Waals surface area contributed by atoms with E-state index in [0.717, 1.165) is 32.2 Å². The van der Waals surface area contributed by atoms with E-state index in [1.54, 1.807) is 0 Å². The van der Waals surface area contributed by atoms with E-state index in [2.05, 4.69) is 41.1 Å². The molecule has 2 atom stereocenters. The molecule has 2 heterocycles. The van der Waals surface area contributed by atoms with Crippen LogP contribution in [0.4, 0.5) is 0 Å². The van der Waals surface area contributed by atoms with Gasteiger partial charge in [0.1, 0.15) is 5.88 Å². The number of aromatic nitrogens is 1. The van der Waals surface area contributed by atoms with Crippen molar-refractivity contribution >= 4 is 28.4 Å². The lowest BCUT2D eigenvalue weighted by molar-refractivity contribution is -0.138. The lowest BCUT2D eigenvalue weighted by Gasteiger charge is -2.52. The number of nitrogens with one attached hydrogen (secondary N) is 1. The molecule has 1 aliphatic heterocycles. The number of alkyl halides is 1. The van der Waals surface area contributed by atoms with Crippen molar-refractivity contribution in [3.05, 3.63) is 35.5 Å². The molecule has 1 aromatic carbocycles. The van der Waals surface area contributed by atoms with E-state index in [4.69, 9.17) is 11.6 Å². The summed E-state index contributed by atoms with van der Waals surface area (Å²) < 4.78 is 0. The molecule has 0 spiro atoms. The van der Waals surface area contributed by atoms with Crippen LogP contribution in [0.1, 0.15) is 49.9 Å². The molecule has 2 aromatic rings. The first-order chi connectivity index (χ1) is 11.2. The van der Waals surface area contributed by atoms with Gasteiger partial charge in [0.25, 0.3) is 0 Å². The van der Waals surface area contributed by atoms with Gasteiger partial charge < -0.3 is 9.88 Å². The molecule has 1 saturated heterocycles. The Hall–Kier alpha value is -1.48. The fourth-order valence-electron chi connectivity index (χ4n) is 4.92. The van der Waals surface area contributed by atoms with Crippen LogP contribution in [0.2, 0.25) is 0 Å². The molecule has 1 amide bonds. The van der Waals surface area contributed by atoms with Crippen LogP contribution in [0, 0.1) is 5.41 Å². The number of aryl methyl sites for hydroxylation is 1. The van der Waals surface area contributed by atoms with Crippen molar-refractivity contribution in [1.29, 1.82) is 0 Å². The van der Waals surface area contributed by atoms with Gasteiger partial charge in [-0.15, -0.1) is 11.6 Å². The lowest BCUT2D eigenvalue weighted by Crippen LogP contribution is -2.51. The van der Waals surface area contributed by atoms with E-state index in [1.807, 2.05) is 0 Å². The molecule has 1 aliphatic carbocycles. The van der Waals surface area contributed by atoms with Gasteiger partial charge in [-0.05, 0) is 43.6 Å². The number of carbonyl (C=O) groups excluding carboxylic acids is 1. The van der Waals surface area contributed by atoms with Crippen molar-refractivity contribution in [2.45, 2.75) is 45.1 Å². The molecule has 1 N–H and O–H groups in total. The summed E-state index contributed by atoms with van der Waals surface area (Å²) in [5.74, 6) is 0.154. The van der Waals surface area contributed by atoms with Crippen molar-refractivity contribution in [2.75, 3.05) is 12.4 Å². The fraction of sp³-hybridized carbons (Fsp3) is 0.526. The number of para-hydroxylation sites is 1. The monoisotopic (exact) mass is 330 g/mol. The van der Waals surface area contributed by atoms with E-state index in [9.17, 15) is 4.79 Å². The zero-order valence-corrected chi connectivity index (χ0v) is 14.3. The maximum absolute atomic E-state index is 12.5. The number of amides is 1. The van der Waals surface area contributed by atoms with Gasteiger partial charge in [0.05, 0.1) is 6.04 Å². The standard InChI is InChI=1S/C19H23ClN2O/c1-2-19-9-5-11-22(16(23)12-20)18(19)17-13-6-3-4-7-14(13)21-15(17)8-10-19/h3-4,6-7,18,21H,2,5,8-12H2,1H3/t18-,19+/m1/s1. The highest BCUT2D eigenvalue weighted by molar-refractivity contribution is 6.27.